The zero-order chi connectivity index (χ0) is 16.8. The lowest BCUT2D eigenvalue weighted by molar-refractivity contribution is -0.136. The molecule has 1 saturated heterocycles. The quantitative estimate of drug-likeness (QED) is 0.847. The summed E-state index contributed by atoms with van der Waals surface area (Å²) in [5.41, 5.74) is 0.662. The van der Waals surface area contributed by atoms with E-state index < -0.39 is 0 Å². The first-order chi connectivity index (χ1) is 11.0. The maximum absolute atomic E-state index is 12.4. The molecule has 126 valence electrons. The number of nitrogens with zero attached hydrogens (tertiary/aromatic N) is 1. The van der Waals surface area contributed by atoms with Gasteiger partial charge in [0.15, 0.2) is 0 Å². The first-order valence-electron chi connectivity index (χ1n) is 8.40. The molecular formula is C18H25BrN2O2. The van der Waals surface area contributed by atoms with E-state index in [9.17, 15) is 9.59 Å². The molecule has 1 N–H and O–H groups in total. The van der Waals surface area contributed by atoms with Gasteiger partial charge < -0.3 is 10.2 Å². The van der Waals surface area contributed by atoms with Crippen molar-refractivity contribution in [2.45, 2.75) is 45.6 Å². The second-order valence-corrected chi connectivity index (χ2v) is 7.01. The van der Waals surface area contributed by atoms with Crippen LogP contribution >= 0.6 is 15.9 Å². The molecular weight excluding hydrogens is 356 g/mol. The smallest absolute Gasteiger partial charge is 0.251 e. The van der Waals surface area contributed by atoms with Gasteiger partial charge in [0, 0.05) is 35.1 Å². The maximum atomic E-state index is 12.4. The molecule has 1 aromatic carbocycles. The summed E-state index contributed by atoms with van der Waals surface area (Å²) in [6.45, 7) is 5.60. The van der Waals surface area contributed by atoms with Gasteiger partial charge in [-0.05, 0) is 43.9 Å². The Labute approximate surface area is 146 Å². The number of carbonyl (C=O) groups excluding carboxylic acids is 2. The average molecular weight is 381 g/mol. The van der Waals surface area contributed by atoms with E-state index in [0.29, 0.717) is 5.56 Å². The van der Waals surface area contributed by atoms with Crippen molar-refractivity contribution in [1.29, 1.82) is 0 Å². The lowest BCUT2D eigenvalue weighted by atomic mass is 9.98. The molecule has 0 radical (unpaired) electrons. The van der Waals surface area contributed by atoms with E-state index in [1.807, 2.05) is 29.2 Å². The van der Waals surface area contributed by atoms with Crippen LogP contribution in [-0.4, -0.2) is 35.8 Å². The second kappa shape index (κ2) is 8.48. The highest BCUT2D eigenvalue weighted by molar-refractivity contribution is 9.10. The third kappa shape index (κ3) is 4.80. The van der Waals surface area contributed by atoms with E-state index in [0.717, 1.165) is 43.2 Å². The number of amides is 2. The lowest BCUT2D eigenvalue weighted by Crippen LogP contribution is -2.48. The molecule has 4 nitrogen and oxygen atoms in total. The van der Waals surface area contributed by atoms with Crippen LogP contribution < -0.4 is 5.32 Å². The summed E-state index contributed by atoms with van der Waals surface area (Å²) in [4.78, 5) is 26.6. The summed E-state index contributed by atoms with van der Waals surface area (Å²) >= 11 is 3.38. The van der Waals surface area contributed by atoms with Crippen LogP contribution in [0.1, 0.15) is 49.9 Å². The van der Waals surface area contributed by atoms with Crippen molar-refractivity contribution in [2.75, 3.05) is 13.1 Å². The summed E-state index contributed by atoms with van der Waals surface area (Å²) in [7, 11) is 0. The summed E-state index contributed by atoms with van der Waals surface area (Å²) in [5.74, 6) is 0.366. The van der Waals surface area contributed by atoms with Crippen LogP contribution in [-0.2, 0) is 4.79 Å². The monoisotopic (exact) mass is 380 g/mol. The van der Waals surface area contributed by atoms with Gasteiger partial charge in [-0.25, -0.2) is 0 Å². The SMILES string of the molecule is CCC(CC)C(=O)N1CCC(NC(=O)c2cccc(Br)c2)CC1. The summed E-state index contributed by atoms with van der Waals surface area (Å²) in [6.07, 6.45) is 3.45. The number of likely N-dealkylation sites (tertiary alicyclic amines) is 1. The zero-order valence-electron chi connectivity index (χ0n) is 13.8. The molecule has 1 aliphatic heterocycles. The molecule has 2 rings (SSSR count). The van der Waals surface area contributed by atoms with Crippen LogP contribution in [0.5, 0.6) is 0 Å². The van der Waals surface area contributed by atoms with Gasteiger partial charge in [0.05, 0.1) is 0 Å². The molecule has 23 heavy (non-hydrogen) atoms. The maximum Gasteiger partial charge on any atom is 0.251 e. The highest BCUT2D eigenvalue weighted by Crippen LogP contribution is 2.18. The number of hydrogen-bond donors (Lipinski definition) is 1. The van der Waals surface area contributed by atoms with Crippen molar-refractivity contribution >= 4 is 27.7 Å². The Morgan fingerprint density at radius 1 is 1.26 bits per heavy atom. The molecule has 0 atom stereocenters. The van der Waals surface area contributed by atoms with Crippen molar-refractivity contribution < 1.29 is 9.59 Å². The number of carbonyl (C=O) groups is 2. The minimum atomic E-state index is -0.0453. The van der Waals surface area contributed by atoms with Crippen LogP contribution in [0, 0.1) is 5.92 Å². The molecule has 0 aliphatic carbocycles. The predicted octanol–water partition coefficient (Wildman–Crippen LogP) is 3.61. The second-order valence-electron chi connectivity index (χ2n) is 6.10. The highest BCUT2D eigenvalue weighted by Gasteiger charge is 2.27. The molecule has 5 heteroatoms. The molecule has 0 spiro atoms. The summed E-state index contributed by atoms with van der Waals surface area (Å²) in [6, 6.07) is 7.54. The lowest BCUT2D eigenvalue weighted by Gasteiger charge is -2.34. The van der Waals surface area contributed by atoms with Gasteiger partial charge in [0.2, 0.25) is 5.91 Å². The van der Waals surface area contributed by atoms with Crippen molar-refractivity contribution in [3.8, 4) is 0 Å². The fourth-order valence-corrected chi connectivity index (χ4v) is 3.44. The Balaban J connectivity index is 1.85. The average Bonchev–Trinajstić information content (AvgIpc) is 2.56. The third-order valence-corrected chi connectivity index (χ3v) is 5.06. The van der Waals surface area contributed by atoms with Crippen molar-refractivity contribution in [2.24, 2.45) is 5.92 Å². The van der Waals surface area contributed by atoms with E-state index in [1.165, 1.54) is 0 Å². The van der Waals surface area contributed by atoms with Crippen LogP contribution in [0.2, 0.25) is 0 Å². The first kappa shape index (κ1) is 18.0. The molecule has 0 saturated carbocycles. The topological polar surface area (TPSA) is 49.4 Å². The van der Waals surface area contributed by atoms with Gasteiger partial charge >= 0.3 is 0 Å². The van der Waals surface area contributed by atoms with Crippen LogP contribution in [0.25, 0.3) is 0 Å². The molecule has 2 amide bonds. The minimum absolute atomic E-state index is 0.0453. The normalized spacial score (nSPS) is 15.7. The Morgan fingerprint density at radius 2 is 1.91 bits per heavy atom. The minimum Gasteiger partial charge on any atom is -0.349 e. The summed E-state index contributed by atoms with van der Waals surface area (Å²) in [5, 5.41) is 3.08. The number of rotatable bonds is 5. The molecule has 0 aromatic heterocycles. The Hall–Kier alpha value is -1.36. The van der Waals surface area contributed by atoms with Gasteiger partial charge in [-0.15, -0.1) is 0 Å². The van der Waals surface area contributed by atoms with Gasteiger partial charge in [-0.2, -0.15) is 0 Å². The molecule has 1 fully saturated rings. The van der Waals surface area contributed by atoms with Gasteiger partial charge in [-0.3, -0.25) is 9.59 Å². The predicted molar refractivity (Wildman–Crippen MR) is 95.3 cm³/mol. The van der Waals surface area contributed by atoms with E-state index in [1.54, 1.807) is 0 Å². The van der Waals surface area contributed by atoms with Gasteiger partial charge in [0.25, 0.3) is 5.91 Å². The van der Waals surface area contributed by atoms with E-state index in [2.05, 4.69) is 35.1 Å². The van der Waals surface area contributed by atoms with E-state index in [4.69, 9.17) is 0 Å². The Morgan fingerprint density at radius 3 is 2.48 bits per heavy atom. The van der Waals surface area contributed by atoms with Gasteiger partial charge in [0.1, 0.15) is 0 Å². The van der Waals surface area contributed by atoms with Crippen molar-refractivity contribution in [3.63, 3.8) is 0 Å². The molecule has 1 aromatic rings. The molecule has 1 heterocycles. The molecule has 1 aliphatic rings. The highest BCUT2D eigenvalue weighted by atomic mass is 79.9. The van der Waals surface area contributed by atoms with Crippen LogP contribution in [0.15, 0.2) is 28.7 Å². The Bertz CT molecular complexity index is 550. The van der Waals surface area contributed by atoms with Gasteiger partial charge in [-0.1, -0.05) is 35.8 Å². The number of hydrogen-bond acceptors (Lipinski definition) is 2. The van der Waals surface area contributed by atoms with Crippen LogP contribution in [0.4, 0.5) is 0 Å². The number of piperidine rings is 1. The fraction of sp³-hybridized carbons (Fsp3) is 0.556. The summed E-state index contributed by atoms with van der Waals surface area (Å²) < 4.78 is 0.899. The fourth-order valence-electron chi connectivity index (χ4n) is 3.04. The van der Waals surface area contributed by atoms with Crippen LogP contribution in [0.3, 0.4) is 0 Å². The zero-order valence-corrected chi connectivity index (χ0v) is 15.4. The first-order valence-corrected chi connectivity index (χ1v) is 9.19. The number of halogens is 1. The molecule has 0 unspecified atom stereocenters. The van der Waals surface area contributed by atoms with Crippen molar-refractivity contribution in [3.05, 3.63) is 34.3 Å². The number of benzene rings is 1. The third-order valence-electron chi connectivity index (χ3n) is 4.56. The van der Waals surface area contributed by atoms with Crippen molar-refractivity contribution in [1.82, 2.24) is 10.2 Å². The standard InChI is InChI=1S/C18H25BrN2O2/c1-3-13(4-2)18(23)21-10-8-16(9-11-21)20-17(22)14-6-5-7-15(19)12-14/h5-7,12-13,16H,3-4,8-11H2,1-2H3,(H,20,22). The number of nitrogens with one attached hydrogen (secondary N) is 1. The largest absolute Gasteiger partial charge is 0.349 e. The Kier molecular flexibility index (Phi) is 6.63. The van der Waals surface area contributed by atoms with E-state index in [-0.39, 0.29) is 23.8 Å². The van der Waals surface area contributed by atoms with E-state index >= 15 is 0 Å². The molecule has 0 bridgehead atoms.